The third-order valence-corrected chi connectivity index (χ3v) is 3.97. The number of rotatable bonds is 6. The Kier molecular flexibility index (Phi) is 5.60. The molecule has 1 unspecified atom stereocenters. The number of nitrogens with one attached hydrogen (secondary N) is 1. The van der Waals surface area contributed by atoms with Crippen LogP contribution in [0.3, 0.4) is 0 Å². The Bertz CT molecular complexity index is 361. The van der Waals surface area contributed by atoms with Gasteiger partial charge in [-0.2, -0.15) is 0 Å². The molecule has 1 fully saturated rings. The van der Waals surface area contributed by atoms with Crippen molar-refractivity contribution in [2.75, 3.05) is 6.54 Å². The van der Waals surface area contributed by atoms with Gasteiger partial charge in [0.15, 0.2) is 0 Å². The van der Waals surface area contributed by atoms with Crippen molar-refractivity contribution in [3.05, 3.63) is 0 Å². The van der Waals surface area contributed by atoms with E-state index in [0.29, 0.717) is 24.8 Å². The molecule has 0 aromatic rings. The van der Waals surface area contributed by atoms with Crippen molar-refractivity contribution >= 4 is 11.8 Å². The van der Waals surface area contributed by atoms with Crippen molar-refractivity contribution in [2.24, 2.45) is 11.8 Å². The lowest BCUT2D eigenvalue weighted by Gasteiger charge is -2.44. The first-order chi connectivity index (χ1) is 9.16. The number of hydrogen-bond donors (Lipinski definition) is 1. The summed E-state index contributed by atoms with van der Waals surface area (Å²) in [5.74, 6) is 1.06. The predicted molar refractivity (Wildman–Crippen MR) is 81.2 cm³/mol. The number of nitrogens with zero attached hydrogens (tertiary/aromatic N) is 1. The zero-order chi connectivity index (χ0) is 15.5. The van der Waals surface area contributed by atoms with E-state index in [1.807, 2.05) is 13.8 Å². The van der Waals surface area contributed by atoms with Gasteiger partial charge < -0.3 is 10.2 Å². The molecule has 0 radical (unpaired) electrons. The average molecular weight is 282 g/mol. The molecule has 20 heavy (non-hydrogen) atoms. The largest absolute Gasteiger partial charge is 0.342 e. The van der Waals surface area contributed by atoms with Gasteiger partial charge in [-0.25, -0.2) is 0 Å². The van der Waals surface area contributed by atoms with E-state index in [1.54, 1.807) is 4.90 Å². The summed E-state index contributed by atoms with van der Waals surface area (Å²) in [5, 5.41) is 2.89. The molecule has 0 spiro atoms. The van der Waals surface area contributed by atoms with Gasteiger partial charge in [0.2, 0.25) is 11.8 Å². The van der Waals surface area contributed by atoms with Crippen LogP contribution in [0, 0.1) is 11.8 Å². The first kappa shape index (κ1) is 17.0. The normalized spacial score (nSPS) is 22.6. The Morgan fingerprint density at radius 2 is 1.75 bits per heavy atom. The first-order valence-corrected chi connectivity index (χ1v) is 7.78. The summed E-state index contributed by atoms with van der Waals surface area (Å²) in [6, 6.07) is -0.352. The minimum atomic E-state index is -0.735. The number of carbonyl (C=O) groups excluding carboxylic acids is 2. The lowest BCUT2D eigenvalue weighted by atomic mass is 9.91. The Morgan fingerprint density at radius 3 is 2.25 bits per heavy atom. The molecule has 116 valence electrons. The van der Waals surface area contributed by atoms with Crippen molar-refractivity contribution in [2.45, 2.75) is 72.4 Å². The maximum Gasteiger partial charge on any atom is 0.246 e. The standard InChI is InChI=1S/C16H30N2O2/c1-11(2)8-7-9-18-14(19)13(10-12(3)4)17-15(20)16(18,5)6/h11-13H,7-10H2,1-6H3,(H,17,20). The van der Waals surface area contributed by atoms with Gasteiger partial charge in [0.05, 0.1) is 0 Å². The summed E-state index contributed by atoms with van der Waals surface area (Å²) in [6.07, 6.45) is 2.74. The van der Waals surface area contributed by atoms with Crippen LogP contribution in [0.1, 0.15) is 60.8 Å². The van der Waals surface area contributed by atoms with E-state index in [9.17, 15) is 9.59 Å². The SMILES string of the molecule is CC(C)CCCN1C(=O)C(CC(C)C)NC(=O)C1(C)C. The Balaban J connectivity index is 2.79. The van der Waals surface area contributed by atoms with Crippen LogP contribution in [0.4, 0.5) is 0 Å². The summed E-state index contributed by atoms with van der Waals surface area (Å²) in [4.78, 5) is 26.6. The lowest BCUT2D eigenvalue weighted by molar-refractivity contribution is -0.155. The van der Waals surface area contributed by atoms with Crippen LogP contribution in [0.2, 0.25) is 0 Å². The van der Waals surface area contributed by atoms with Crippen LogP contribution in [0.5, 0.6) is 0 Å². The molecule has 0 aromatic heterocycles. The van der Waals surface area contributed by atoms with Crippen LogP contribution in [-0.2, 0) is 9.59 Å². The van der Waals surface area contributed by atoms with Crippen molar-refractivity contribution in [3.63, 3.8) is 0 Å². The fourth-order valence-electron chi connectivity index (χ4n) is 2.66. The van der Waals surface area contributed by atoms with E-state index in [1.165, 1.54) is 0 Å². The summed E-state index contributed by atoms with van der Waals surface area (Å²) in [7, 11) is 0. The first-order valence-electron chi connectivity index (χ1n) is 7.78. The summed E-state index contributed by atoms with van der Waals surface area (Å²) >= 11 is 0. The number of piperazine rings is 1. The highest BCUT2D eigenvalue weighted by atomic mass is 16.2. The quantitative estimate of drug-likeness (QED) is 0.814. The van der Waals surface area contributed by atoms with Gasteiger partial charge in [-0.3, -0.25) is 9.59 Å². The van der Waals surface area contributed by atoms with Crippen LogP contribution >= 0.6 is 0 Å². The van der Waals surface area contributed by atoms with E-state index in [4.69, 9.17) is 0 Å². The van der Waals surface area contributed by atoms with Gasteiger partial charge in [-0.05, 0) is 44.9 Å². The van der Waals surface area contributed by atoms with Gasteiger partial charge in [-0.15, -0.1) is 0 Å². The molecule has 0 aliphatic carbocycles. The fraction of sp³-hybridized carbons (Fsp3) is 0.875. The molecule has 1 saturated heterocycles. The van der Waals surface area contributed by atoms with Crippen LogP contribution in [0.25, 0.3) is 0 Å². The highest BCUT2D eigenvalue weighted by molar-refractivity contribution is 5.99. The molecule has 0 bridgehead atoms. The molecule has 0 aromatic carbocycles. The molecule has 1 heterocycles. The Morgan fingerprint density at radius 1 is 1.15 bits per heavy atom. The number of amides is 2. The highest BCUT2D eigenvalue weighted by Crippen LogP contribution is 2.24. The van der Waals surface area contributed by atoms with Crippen molar-refractivity contribution < 1.29 is 9.59 Å². The van der Waals surface area contributed by atoms with Gasteiger partial charge in [0.1, 0.15) is 11.6 Å². The maximum absolute atomic E-state index is 12.6. The summed E-state index contributed by atoms with van der Waals surface area (Å²) in [6.45, 7) is 12.8. The van der Waals surface area contributed by atoms with Gasteiger partial charge >= 0.3 is 0 Å². The predicted octanol–water partition coefficient (Wildman–Crippen LogP) is 2.57. The molecular formula is C16H30N2O2. The molecule has 1 aliphatic rings. The van der Waals surface area contributed by atoms with Crippen LogP contribution in [-0.4, -0.2) is 34.8 Å². The molecule has 4 nitrogen and oxygen atoms in total. The summed E-state index contributed by atoms with van der Waals surface area (Å²) in [5.41, 5.74) is -0.735. The Labute approximate surface area is 123 Å². The fourth-order valence-corrected chi connectivity index (χ4v) is 2.66. The highest BCUT2D eigenvalue weighted by Gasteiger charge is 2.45. The van der Waals surface area contributed by atoms with Gasteiger partial charge in [0.25, 0.3) is 0 Å². The van der Waals surface area contributed by atoms with Crippen LogP contribution in [0.15, 0.2) is 0 Å². The minimum Gasteiger partial charge on any atom is -0.342 e. The third-order valence-electron chi connectivity index (χ3n) is 3.97. The second kappa shape index (κ2) is 6.59. The van der Waals surface area contributed by atoms with E-state index in [2.05, 4.69) is 33.0 Å². The van der Waals surface area contributed by atoms with Crippen molar-refractivity contribution in [1.82, 2.24) is 10.2 Å². The molecule has 1 aliphatic heterocycles. The Hall–Kier alpha value is -1.06. The zero-order valence-corrected chi connectivity index (χ0v) is 13.8. The molecule has 4 heteroatoms. The second-order valence-electron chi connectivity index (χ2n) is 7.24. The van der Waals surface area contributed by atoms with E-state index >= 15 is 0 Å². The van der Waals surface area contributed by atoms with Crippen molar-refractivity contribution in [1.29, 1.82) is 0 Å². The zero-order valence-electron chi connectivity index (χ0n) is 13.8. The molecule has 1 rings (SSSR count). The molecular weight excluding hydrogens is 252 g/mol. The lowest BCUT2D eigenvalue weighted by Crippen LogP contribution is -2.68. The molecule has 1 atom stereocenters. The number of hydrogen-bond acceptors (Lipinski definition) is 2. The van der Waals surface area contributed by atoms with Crippen LogP contribution < -0.4 is 5.32 Å². The summed E-state index contributed by atoms with van der Waals surface area (Å²) < 4.78 is 0. The van der Waals surface area contributed by atoms with Gasteiger partial charge in [0, 0.05) is 6.54 Å². The smallest absolute Gasteiger partial charge is 0.246 e. The molecule has 0 saturated carbocycles. The third kappa shape index (κ3) is 3.97. The second-order valence-corrected chi connectivity index (χ2v) is 7.24. The minimum absolute atomic E-state index is 0.0349. The maximum atomic E-state index is 12.6. The monoisotopic (exact) mass is 282 g/mol. The molecule has 1 N–H and O–H groups in total. The average Bonchev–Trinajstić information content (AvgIpc) is 2.30. The number of carbonyl (C=O) groups is 2. The molecule has 2 amide bonds. The van der Waals surface area contributed by atoms with Gasteiger partial charge in [-0.1, -0.05) is 27.7 Å². The van der Waals surface area contributed by atoms with E-state index in [-0.39, 0.29) is 17.9 Å². The van der Waals surface area contributed by atoms with E-state index in [0.717, 1.165) is 12.8 Å². The topological polar surface area (TPSA) is 49.4 Å². The van der Waals surface area contributed by atoms with E-state index < -0.39 is 5.54 Å². The van der Waals surface area contributed by atoms with Crippen molar-refractivity contribution in [3.8, 4) is 0 Å².